The van der Waals surface area contributed by atoms with E-state index in [0.29, 0.717) is 13.0 Å². The Hall–Kier alpha value is -0.520. The van der Waals surface area contributed by atoms with Crippen LogP contribution in [0.25, 0.3) is 0 Å². The minimum Gasteiger partial charge on any atom is -0.385 e. The molecule has 2 atom stereocenters. The number of ether oxygens (including phenoxy) is 1. The van der Waals surface area contributed by atoms with Crippen LogP contribution in [0.4, 0.5) is 8.78 Å². The second kappa shape index (κ2) is 4.77. The number of hydrogen-bond acceptors (Lipinski definition) is 2. The minimum atomic E-state index is -1.25. The molecule has 1 aliphatic rings. The van der Waals surface area contributed by atoms with E-state index in [1.54, 1.807) is 0 Å². The van der Waals surface area contributed by atoms with Gasteiger partial charge in [0.05, 0.1) is 16.1 Å². The van der Waals surface area contributed by atoms with Crippen LogP contribution in [0.15, 0.2) is 16.6 Å². The Labute approximate surface area is 100 Å². The minimum absolute atomic E-state index is 0.140. The highest BCUT2D eigenvalue weighted by Crippen LogP contribution is 2.32. The van der Waals surface area contributed by atoms with Crippen molar-refractivity contribution in [3.8, 4) is 0 Å². The van der Waals surface area contributed by atoms with Crippen LogP contribution in [-0.4, -0.2) is 17.8 Å². The monoisotopic (exact) mass is 292 g/mol. The highest BCUT2D eigenvalue weighted by Gasteiger charge is 2.30. The van der Waals surface area contributed by atoms with Crippen molar-refractivity contribution < 1.29 is 18.6 Å². The fourth-order valence-electron chi connectivity index (χ4n) is 1.85. The molecule has 1 saturated heterocycles. The zero-order valence-electron chi connectivity index (χ0n) is 8.42. The summed E-state index contributed by atoms with van der Waals surface area (Å²) in [6.07, 6.45) is -0.343. The smallest absolute Gasteiger partial charge is 0.146 e. The fourth-order valence-corrected chi connectivity index (χ4v) is 2.20. The lowest BCUT2D eigenvalue weighted by Gasteiger charge is -2.19. The molecule has 0 amide bonds. The van der Waals surface area contributed by atoms with Crippen LogP contribution in [0.5, 0.6) is 0 Å². The summed E-state index contributed by atoms with van der Waals surface area (Å²) in [7, 11) is 0. The summed E-state index contributed by atoms with van der Waals surface area (Å²) in [4.78, 5) is 0. The second-order valence-corrected chi connectivity index (χ2v) is 4.61. The van der Waals surface area contributed by atoms with Gasteiger partial charge in [0.1, 0.15) is 17.7 Å². The molecule has 0 aromatic heterocycles. The van der Waals surface area contributed by atoms with Crippen LogP contribution in [-0.2, 0) is 4.74 Å². The van der Waals surface area contributed by atoms with E-state index >= 15 is 0 Å². The molecule has 0 bridgehead atoms. The molecule has 0 spiro atoms. The van der Waals surface area contributed by atoms with Crippen LogP contribution in [0.2, 0.25) is 0 Å². The average Bonchev–Trinajstić information content (AvgIpc) is 2.77. The molecule has 0 radical (unpaired) electrons. The molecule has 2 rings (SSSR count). The Balaban J connectivity index is 2.34. The molecule has 1 heterocycles. The van der Waals surface area contributed by atoms with E-state index in [-0.39, 0.29) is 10.0 Å². The Bertz CT molecular complexity index is 392. The standard InChI is InChI=1S/C11H11BrF2O2/c12-6-3-4-7(13)9(10(6)14)11(15)8-2-1-5-16-8/h3-4,8,11,15H,1-2,5H2. The predicted octanol–water partition coefficient (Wildman–Crippen LogP) is 2.94. The molecule has 2 unspecified atom stereocenters. The summed E-state index contributed by atoms with van der Waals surface area (Å²) in [6.45, 7) is 0.527. The van der Waals surface area contributed by atoms with Gasteiger partial charge in [-0.1, -0.05) is 0 Å². The third-order valence-corrected chi connectivity index (χ3v) is 3.30. The molecule has 5 heteroatoms. The Morgan fingerprint density at radius 3 is 2.81 bits per heavy atom. The van der Waals surface area contributed by atoms with Crippen molar-refractivity contribution in [1.29, 1.82) is 0 Å². The molecular weight excluding hydrogens is 282 g/mol. The van der Waals surface area contributed by atoms with Crippen LogP contribution >= 0.6 is 15.9 Å². The third-order valence-electron chi connectivity index (χ3n) is 2.69. The molecule has 16 heavy (non-hydrogen) atoms. The van der Waals surface area contributed by atoms with E-state index in [9.17, 15) is 13.9 Å². The van der Waals surface area contributed by atoms with Crippen molar-refractivity contribution in [3.05, 3.63) is 33.8 Å². The average molecular weight is 293 g/mol. The summed E-state index contributed by atoms with van der Waals surface area (Å²) < 4.78 is 32.5. The molecule has 2 nitrogen and oxygen atoms in total. The van der Waals surface area contributed by atoms with Gasteiger partial charge in [-0.2, -0.15) is 0 Å². The van der Waals surface area contributed by atoms with Crippen molar-refractivity contribution >= 4 is 15.9 Å². The van der Waals surface area contributed by atoms with Crippen molar-refractivity contribution in [2.75, 3.05) is 6.61 Å². The Morgan fingerprint density at radius 1 is 1.44 bits per heavy atom. The number of benzene rings is 1. The second-order valence-electron chi connectivity index (χ2n) is 3.75. The van der Waals surface area contributed by atoms with E-state index < -0.39 is 23.8 Å². The highest BCUT2D eigenvalue weighted by molar-refractivity contribution is 9.10. The normalized spacial score (nSPS) is 22.4. The number of hydrogen-bond donors (Lipinski definition) is 1. The first kappa shape index (κ1) is 12.0. The molecule has 1 fully saturated rings. The molecule has 1 N–H and O–H groups in total. The molecule has 1 aliphatic heterocycles. The quantitative estimate of drug-likeness (QED) is 0.850. The zero-order chi connectivity index (χ0) is 11.7. The van der Waals surface area contributed by atoms with Gasteiger partial charge in [-0.25, -0.2) is 8.78 Å². The maximum atomic E-state index is 13.7. The van der Waals surface area contributed by atoms with Gasteiger partial charge in [-0.3, -0.25) is 0 Å². The molecule has 0 aliphatic carbocycles. The predicted molar refractivity (Wildman–Crippen MR) is 58.0 cm³/mol. The molecule has 0 saturated carbocycles. The number of aliphatic hydroxyl groups is 1. The molecule has 1 aromatic carbocycles. The van der Waals surface area contributed by atoms with Gasteiger partial charge >= 0.3 is 0 Å². The van der Waals surface area contributed by atoms with E-state index in [0.717, 1.165) is 12.5 Å². The first-order valence-electron chi connectivity index (χ1n) is 5.04. The van der Waals surface area contributed by atoms with Crippen LogP contribution in [0.1, 0.15) is 24.5 Å². The van der Waals surface area contributed by atoms with Gasteiger partial charge in [0.15, 0.2) is 0 Å². The van der Waals surface area contributed by atoms with Crippen molar-refractivity contribution in [2.45, 2.75) is 25.0 Å². The van der Waals surface area contributed by atoms with Gasteiger partial charge in [-0.15, -0.1) is 0 Å². The van der Waals surface area contributed by atoms with Gasteiger partial charge in [0, 0.05) is 6.61 Å². The first-order chi connectivity index (χ1) is 7.61. The highest BCUT2D eigenvalue weighted by atomic mass is 79.9. The van der Waals surface area contributed by atoms with Crippen LogP contribution in [0, 0.1) is 11.6 Å². The van der Waals surface area contributed by atoms with Crippen molar-refractivity contribution in [2.24, 2.45) is 0 Å². The lowest BCUT2D eigenvalue weighted by molar-refractivity contribution is -0.00611. The molecule has 88 valence electrons. The number of aliphatic hydroxyl groups excluding tert-OH is 1. The number of halogens is 3. The fraction of sp³-hybridized carbons (Fsp3) is 0.455. The van der Waals surface area contributed by atoms with Crippen molar-refractivity contribution in [3.63, 3.8) is 0 Å². The summed E-state index contributed by atoms with van der Waals surface area (Å²) in [5.41, 5.74) is -0.318. The summed E-state index contributed by atoms with van der Waals surface area (Å²) >= 11 is 2.96. The summed E-state index contributed by atoms with van der Waals surface area (Å²) in [5.74, 6) is -1.51. The van der Waals surface area contributed by atoms with E-state index in [1.807, 2.05) is 0 Å². The van der Waals surface area contributed by atoms with E-state index in [2.05, 4.69) is 15.9 Å². The van der Waals surface area contributed by atoms with Gasteiger partial charge in [0.2, 0.25) is 0 Å². The maximum Gasteiger partial charge on any atom is 0.146 e. The van der Waals surface area contributed by atoms with Crippen molar-refractivity contribution in [1.82, 2.24) is 0 Å². The van der Waals surface area contributed by atoms with Gasteiger partial charge in [-0.05, 0) is 40.9 Å². The largest absolute Gasteiger partial charge is 0.385 e. The lowest BCUT2D eigenvalue weighted by atomic mass is 10.0. The van der Waals surface area contributed by atoms with Gasteiger partial charge < -0.3 is 9.84 Å². The van der Waals surface area contributed by atoms with E-state index in [4.69, 9.17) is 4.74 Å². The van der Waals surface area contributed by atoms with Crippen LogP contribution in [0.3, 0.4) is 0 Å². The Morgan fingerprint density at radius 2 is 2.19 bits per heavy atom. The maximum absolute atomic E-state index is 13.7. The summed E-state index contributed by atoms with van der Waals surface area (Å²) in [5, 5.41) is 9.88. The molecule has 1 aromatic rings. The Kier molecular flexibility index (Phi) is 3.56. The van der Waals surface area contributed by atoms with Gasteiger partial charge in [0.25, 0.3) is 0 Å². The zero-order valence-corrected chi connectivity index (χ0v) is 10.0. The van der Waals surface area contributed by atoms with Crippen LogP contribution < -0.4 is 0 Å². The topological polar surface area (TPSA) is 29.5 Å². The van der Waals surface area contributed by atoms with E-state index in [1.165, 1.54) is 6.07 Å². The lowest BCUT2D eigenvalue weighted by Crippen LogP contribution is -2.19. The number of rotatable bonds is 2. The third kappa shape index (κ3) is 2.12. The summed E-state index contributed by atoms with van der Waals surface area (Å²) in [6, 6.07) is 2.40. The first-order valence-corrected chi connectivity index (χ1v) is 5.83. The molecular formula is C11H11BrF2O2. The SMILES string of the molecule is OC(c1c(F)ccc(Br)c1F)C1CCCO1.